The maximum Gasteiger partial charge on any atom is 0.253 e. The van der Waals surface area contributed by atoms with Crippen LogP contribution in [-0.2, 0) is 35.6 Å². The molecule has 0 radical (unpaired) electrons. The number of aromatic nitrogens is 1. The molecule has 4 atom stereocenters. The summed E-state index contributed by atoms with van der Waals surface area (Å²) in [5.41, 5.74) is 6.85. The minimum absolute atomic E-state index is 0.00213. The molecule has 0 saturated carbocycles. The molecule has 0 aliphatic carbocycles. The van der Waals surface area contributed by atoms with Crippen molar-refractivity contribution in [1.82, 2.24) is 15.2 Å². The Labute approximate surface area is 270 Å². The molecule has 2 aliphatic heterocycles. The van der Waals surface area contributed by atoms with Gasteiger partial charge in [-0.15, -0.1) is 0 Å². The summed E-state index contributed by atoms with van der Waals surface area (Å²) in [6.45, 7) is 5.04. The standard InChI is InChI=1S/C37H41N3O6/c1-24-34(22-40-16-14-29-17-32(43-2)33(44-3)18-31(29)21-40)45-37(46-35(24)27-10-8-26(23-41)9-11-27)28-12-6-25(7-13-28)19-39-36(42)30-5-4-15-38-20-30/h4-13,15,17-18,20,24,34-35,37,41H,14,16,19,21-23H2,1-3H3,(H,39,42)/t24-,34+,35+,37+/m0/s1. The number of hydrogen-bond donors (Lipinski definition) is 2. The molecule has 0 bridgehead atoms. The van der Waals surface area contributed by atoms with Crippen molar-refractivity contribution in [2.75, 3.05) is 27.3 Å². The van der Waals surface area contributed by atoms with Crippen LogP contribution in [0.15, 0.2) is 85.2 Å². The lowest BCUT2D eigenvalue weighted by atomic mass is 9.89. The Balaban J connectivity index is 1.19. The van der Waals surface area contributed by atoms with Gasteiger partial charge in [0.1, 0.15) is 0 Å². The number of hydrogen-bond acceptors (Lipinski definition) is 8. The number of carbonyl (C=O) groups is 1. The van der Waals surface area contributed by atoms with Gasteiger partial charge in [-0.2, -0.15) is 0 Å². The van der Waals surface area contributed by atoms with E-state index in [1.54, 1.807) is 38.7 Å². The van der Waals surface area contributed by atoms with Gasteiger partial charge < -0.3 is 29.4 Å². The van der Waals surface area contributed by atoms with E-state index in [4.69, 9.17) is 18.9 Å². The second kappa shape index (κ2) is 14.4. The number of methoxy groups -OCH3 is 2. The van der Waals surface area contributed by atoms with Crippen molar-refractivity contribution in [2.24, 2.45) is 5.92 Å². The van der Waals surface area contributed by atoms with E-state index in [-0.39, 0.29) is 30.6 Å². The number of carbonyl (C=O) groups excluding carboxylic acids is 1. The van der Waals surface area contributed by atoms with Crippen LogP contribution in [0, 0.1) is 5.92 Å². The molecule has 2 aliphatic rings. The summed E-state index contributed by atoms with van der Waals surface area (Å²) in [6, 6.07) is 23.6. The first kappa shape index (κ1) is 31.7. The summed E-state index contributed by atoms with van der Waals surface area (Å²) in [6.07, 6.45) is 3.26. The van der Waals surface area contributed by atoms with Gasteiger partial charge in [-0.05, 0) is 58.5 Å². The Kier molecular flexibility index (Phi) is 9.94. The Morgan fingerprint density at radius 1 is 0.957 bits per heavy atom. The molecule has 9 heteroatoms. The fraction of sp³-hybridized carbons (Fsp3) is 0.351. The van der Waals surface area contributed by atoms with E-state index < -0.39 is 6.29 Å². The lowest BCUT2D eigenvalue weighted by molar-refractivity contribution is -0.276. The third kappa shape index (κ3) is 7.08. The molecular formula is C37H41N3O6. The Bertz CT molecular complexity index is 1610. The zero-order valence-corrected chi connectivity index (χ0v) is 26.5. The number of aliphatic hydroxyl groups excluding tert-OH is 1. The lowest BCUT2D eigenvalue weighted by Gasteiger charge is -2.43. The smallest absolute Gasteiger partial charge is 0.253 e. The summed E-state index contributed by atoms with van der Waals surface area (Å²) >= 11 is 0. The fourth-order valence-corrected chi connectivity index (χ4v) is 6.25. The number of benzene rings is 3. The molecule has 6 rings (SSSR count). The van der Waals surface area contributed by atoms with Crippen molar-refractivity contribution >= 4 is 5.91 Å². The fourth-order valence-electron chi connectivity index (χ4n) is 6.25. The lowest BCUT2D eigenvalue weighted by Crippen LogP contribution is -2.45. The molecule has 0 unspecified atom stereocenters. The number of ether oxygens (including phenoxy) is 4. The molecule has 3 heterocycles. The van der Waals surface area contributed by atoms with Crippen LogP contribution in [0.25, 0.3) is 0 Å². The number of fused-ring (bicyclic) bond motifs is 1. The minimum atomic E-state index is -0.566. The minimum Gasteiger partial charge on any atom is -0.493 e. The topological polar surface area (TPSA) is 102 Å². The van der Waals surface area contributed by atoms with Gasteiger partial charge in [0.05, 0.1) is 38.6 Å². The molecule has 1 fully saturated rings. The molecular weight excluding hydrogens is 582 g/mol. The predicted molar refractivity (Wildman–Crippen MR) is 173 cm³/mol. The molecule has 1 amide bonds. The van der Waals surface area contributed by atoms with Crippen molar-refractivity contribution in [3.05, 3.63) is 124 Å². The van der Waals surface area contributed by atoms with Crippen molar-refractivity contribution in [3.8, 4) is 11.5 Å². The number of rotatable bonds is 10. The van der Waals surface area contributed by atoms with E-state index in [1.807, 2.05) is 48.5 Å². The Morgan fingerprint density at radius 2 is 1.65 bits per heavy atom. The predicted octanol–water partition coefficient (Wildman–Crippen LogP) is 5.37. The number of nitrogens with one attached hydrogen (secondary N) is 1. The number of pyridine rings is 1. The van der Waals surface area contributed by atoms with Crippen molar-refractivity contribution in [3.63, 3.8) is 0 Å². The van der Waals surface area contributed by atoms with Crippen LogP contribution in [0.2, 0.25) is 0 Å². The summed E-state index contributed by atoms with van der Waals surface area (Å²) < 4.78 is 24.5. The summed E-state index contributed by atoms with van der Waals surface area (Å²) in [7, 11) is 3.34. The van der Waals surface area contributed by atoms with Crippen molar-refractivity contribution in [1.29, 1.82) is 0 Å². The second-order valence-electron chi connectivity index (χ2n) is 11.9. The van der Waals surface area contributed by atoms with Crippen LogP contribution in [0.5, 0.6) is 11.5 Å². The summed E-state index contributed by atoms with van der Waals surface area (Å²) in [5.74, 6) is 1.41. The highest BCUT2D eigenvalue weighted by atomic mass is 16.7. The van der Waals surface area contributed by atoms with E-state index in [9.17, 15) is 9.90 Å². The molecule has 9 nitrogen and oxygen atoms in total. The maximum atomic E-state index is 12.5. The van der Waals surface area contributed by atoms with Crippen LogP contribution in [-0.4, -0.2) is 54.3 Å². The summed E-state index contributed by atoms with van der Waals surface area (Å²) in [5, 5.41) is 12.5. The number of aliphatic hydroxyl groups is 1. The van der Waals surface area contributed by atoms with Crippen molar-refractivity contribution in [2.45, 2.75) is 51.5 Å². The molecule has 0 spiro atoms. The van der Waals surface area contributed by atoms with E-state index in [0.29, 0.717) is 12.1 Å². The Morgan fingerprint density at radius 3 is 2.33 bits per heavy atom. The first-order chi connectivity index (χ1) is 22.4. The van der Waals surface area contributed by atoms with E-state index >= 15 is 0 Å². The molecule has 1 aromatic heterocycles. The van der Waals surface area contributed by atoms with Gasteiger partial charge >= 0.3 is 0 Å². The Hall–Kier alpha value is -4.28. The average molecular weight is 624 g/mol. The quantitative estimate of drug-likeness (QED) is 0.243. The highest BCUT2D eigenvalue weighted by Crippen LogP contribution is 2.42. The monoisotopic (exact) mass is 623 g/mol. The largest absolute Gasteiger partial charge is 0.493 e. The van der Waals surface area contributed by atoms with Gasteiger partial charge in [-0.1, -0.05) is 55.5 Å². The SMILES string of the molecule is COc1cc2c(cc1OC)CN(C[C@H]1O[C@@H](c3ccc(CNC(=O)c4cccnc4)cc3)O[C@@H](c3ccc(CO)cc3)[C@H]1C)CC2. The van der Waals surface area contributed by atoms with Crippen molar-refractivity contribution < 1.29 is 28.8 Å². The van der Waals surface area contributed by atoms with Gasteiger partial charge in [0, 0.05) is 50.1 Å². The van der Waals surface area contributed by atoms with Gasteiger partial charge in [0.15, 0.2) is 17.8 Å². The zero-order valence-electron chi connectivity index (χ0n) is 26.5. The van der Waals surface area contributed by atoms with Crippen LogP contribution in [0.3, 0.4) is 0 Å². The molecule has 4 aromatic rings. The van der Waals surface area contributed by atoms with Gasteiger partial charge in [-0.3, -0.25) is 14.7 Å². The van der Waals surface area contributed by atoms with Gasteiger partial charge in [-0.25, -0.2) is 0 Å². The number of nitrogens with zero attached hydrogens (tertiary/aromatic N) is 2. The maximum absolute atomic E-state index is 12.5. The van der Waals surface area contributed by atoms with Crippen LogP contribution < -0.4 is 14.8 Å². The highest BCUT2D eigenvalue weighted by molar-refractivity contribution is 5.93. The van der Waals surface area contributed by atoms with Crippen LogP contribution in [0.4, 0.5) is 0 Å². The first-order valence-electron chi connectivity index (χ1n) is 15.7. The third-order valence-corrected chi connectivity index (χ3v) is 8.99. The molecule has 46 heavy (non-hydrogen) atoms. The second-order valence-corrected chi connectivity index (χ2v) is 11.9. The normalized spacial score (nSPS) is 21.3. The van der Waals surface area contributed by atoms with Gasteiger partial charge in [0.25, 0.3) is 5.91 Å². The number of amides is 1. The average Bonchev–Trinajstić information content (AvgIpc) is 3.11. The summed E-state index contributed by atoms with van der Waals surface area (Å²) in [4.78, 5) is 18.9. The van der Waals surface area contributed by atoms with Crippen LogP contribution in [0.1, 0.15) is 63.1 Å². The van der Waals surface area contributed by atoms with Gasteiger partial charge in [0.2, 0.25) is 0 Å². The van der Waals surface area contributed by atoms with E-state index in [0.717, 1.165) is 59.8 Å². The molecule has 2 N–H and O–H groups in total. The van der Waals surface area contributed by atoms with Crippen LogP contribution >= 0.6 is 0 Å². The molecule has 3 aromatic carbocycles. The first-order valence-corrected chi connectivity index (χ1v) is 15.7. The molecule has 1 saturated heterocycles. The highest BCUT2D eigenvalue weighted by Gasteiger charge is 2.39. The van der Waals surface area contributed by atoms with E-state index in [1.165, 1.54) is 11.1 Å². The molecule has 240 valence electrons. The van der Waals surface area contributed by atoms with E-state index in [2.05, 4.69) is 34.3 Å². The third-order valence-electron chi connectivity index (χ3n) is 8.99. The zero-order chi connectivity index (χ0) is 32.0.